The summed E-state index contributed by atoms with van der Waals surface area (Å²) in [6.07, 6.45) is 0. The average Bonchev–Trinajstić information content (AvgIpc) is 2.74. The van der Waals surface area contributed by atoms with Gasteiger partial charge in [-0.05, 0) is 43.2 Å². The predicted molar refractivity (Wildman–Crippen MR) is 121 cm³/mol. The van der Waals surface area contributed by atoms with Gasteiger partial charge in [-0.25, -0.2) is 8.70 Å². The third kappa shape index (κ3) is 4.83. The number of benzene rings is 2. The molecule has 0 bridgehead atoms. The maximum absolute atomic E-state index is 14.4. The molecule has 2 aromatic rings. The van der Waals surface area contributed by atoms with Crippen LogP contribution in [0.25, 0.3) is 0 Å². The molecule has 0 N–H and O–H groups in total. The Kier molecular flexibility index (Phi) is 6.86. The number of rotatable bonds is 6. The normalized spacial score (nSPS) is 14.8. The molecule has 31 heavy (non-hydrogen) atoms. The molecular formula is C22H29FN4O3S. The lowest BCUT2D eigenvalue weighted by Crippen LogP contribution is -2.53. The zero-order valence-electron chi connectivity index (χ0n) is 18.4. The van der Waals surface area contributed by atoms with Crippen molar-refractivity contribution < 1.29 is 17.6 Å². The molecule has 1 amide bonds. The Balaban J connectivity index is 1.75. The van der Waals surface area contributed by atoms with Crippen molar-refractivity contribution in [3.05, 3.63) is 59.4 Å². The van der Waals surface area contributed by atoms with Crippen LogP contribution in [0.1, 0.15) is 11.1 Å². The number of halogens is 1. The summed E-state index contributed by atoms with van der Waals surface area (Å²) in [5.74, 6) is -1.05. The molecule has 1 fully saturated rings. The SMILES string of the molecule is Cc1cccc(N2CCN(C(=O)CN(c3ccccc3F)S(=O)(=O)N(C)C)CC2)c1C. The highest BCUT2D eigenvalue weighted by Crippen LogP contribution is 2.25. The summed E-state index contributed by atoms with van der Waals surface area (Å²) in [6.45, 7) is 5.94. The Labute approximate surface area is 183 Å². The largest absolute Gasteiger partial charge is 0.368 e. The van der Waals surface area contributed by atoms with Crippen LogP contribution in [0.4, 0.5) is 15.8 Å². The van der Waals surface area contributed by atoms with Crippen molar-refractivity contribution in [2.24, 2.45) is 0 Å². The summed E-state index contributed by atoms with van der Waals surface area (Å²) in [6, 6.07) is 11.7. The minimum Gasteiger partial charge on any atom is -0.368 e. The maximum atomic E-state index is 14.4. The van der Waals surface area contributed by atoms with Crippen LogP contribution >= 0.6 is 0 Å². The second-order valence-corrected chi connectivity index (χ2v) is 9.90. The fourth-order valence-corrected chi connectivity index (χ4v) is 4.70. The lowest BCUT2D eigenvalue weighted by atomic mass is 10.1. The number of anilines is 2. The molecule has 0 saturated carbocycles. The van der Waals surface area contributed by atoms with Crippen LogP contribution < -0.4 is 9.21 Å². The quantitative estimate of drug-likeness (QED) is 0.681. The third-order valence-corrected chi connectivity index (χ3v) is 7.49. The van der Waals surface area contributed by atoms with Gasteiger partial charge >= 0.3 is 10.2 Å². The van der Waals surface area contributed by atoms with E-state index in [9.17, 15) is 17.6 Å². The average molecular weight is 449 g/mol. The molecule has 0 atom stereocenters. The number of nitrogens with zero attached hydrogens (tertiary/aromatic N) is 4. The number of para-hydroxylation sites is 1. The summed E-state index contributed by atoms with van der Waals surface area (Å²) in [4.78, 5) is 16.9. The van der Waals surface area contributed by atoms with E-state index in [0.717, 1.165) is 14.3 Å². The molecule has 168 valence electrons. The zero-order chi connectivity index (χ0) is 22.8. The minimum atomic E-state index is -4.04. The molecule has 0 aromatic heterocycles. The van der Waals surface area contributed by atoms with Crippen molar-refractivity contribution in [3.8, 4) is 0 Å². The van der Waals surface area contributed by atoms with Crippen LogP contribution in [0.5, 0.6) is 0 Å². The molecule has 3 rings (SSSR count). The standard InChI is InChI=1S/C22H29FN4O3S/c1-17-8-7-11-20(18(17)2)25-12-14-26(15-13-25)22(28)16-27(31(29,30)24(3)4)21-10-6-5-9-19(21)23/h5-11H,12-16H2,1-4H3. The van der Waals surface area contributed by atoms with Crippen molar-refractivity contribution in [2.45, 2.75) is 13.8 Å². The molecule has 0 aliphatic carbocycles. The number of aryl methyl sites for hydroxylation is 1. The van der Waals surface area contributed by atoms with Gasteiger partial charge in [0.2, 0.25) is 5.91 Å². The van der Waals surface area contributed by atoms with Gasteiger partial charge in [-0.1, -0.05) is 24.3 Å². The fourth-order valence-electron chi connectivity index (χ4n) is 3.64. The highest BCUT2D eigenvalue weighted by molar-refractivity contribution is 7.90. The van der Waals surface area contributed by atoms with Gasteiger partial charge < -0.3 is 9.80 Å². The number of amides is 1. The molecular weight excluding hydrogens is 419 g/mol. The van der Waals surface area contributed by atoms with E-state index in [0.29, 0.717) is 26.2 Å². The van der Waals surface area contributed by atoms with Gasteiger partial charge in [-0.15, -0.1) is 0 Å². The van der Waals surface area contributed by atoms with E-state index in [2.05, 4.69) is 30.9 Å². The molecule has 2 aromatic carbocycles. The number of carbonyl (C=O) groups is 1. The Morgan fingerprint density at radius 2 is 1.65 bits per heavy atom. The van der Waals surface area contributed by atoms with Crippen molar-refractivity contribution >= 4 is 27.5 Å². The first-order chi connectivity index (χ1) is 14.6. The highest BCUT2D eigenvalue weighted by Gasteiger charge is 2.32. The number of piperazine rings is 1. The topological polar surface area (TPSA) is 64.2 Å². The van der Waals surface area contributed by atoms with Crippen molar-refractivity contribution in [2.75, 3.05) is 56.0 Å². The highest BCUT2D eigenvalue weighted by atomic mass is 32.2. The molecule has 0 unspecified atom stereocenters. The minimum absolute atomic E-state index is 0.140. The van der Waals surface area contributed by atoms with Gasteiger partial charge in [0.25, 0.3) is 0 Å². The van der Waals surface area contributed by atoms with Crippen LogP contribution in [0.3, 0.4) is 0 Å². The van der Waals surface area contributed by atoms with Crippen LogP contribution in [0, 0.1) is 19.7 Å². The van der Waals surface area contributed by atoms with Crippen LogP contribution in [-0.4, -0.2) is 70.3 Å². The van der Waals surface area contributed by atoms with E-state index in [1.54, 1.807) is 11.0 Å². The molecule has 1 heterocycles. The zero-order valence-corrected chi connectivity index (χ0v) is 19.2. The maximum Gasteiger partial charge on any atom is 0.304 e. The first kappa shape index (κ1) is 23.0. The van der Waals surface area contributed by atoms with Gasteiger partial charge in [0.05, 0.1) is 5.69 Å². The Morgan fingerprint density at radius 1 is 1.00 bits per heavy atom. The Bertz CT molecular complexity index is 1050. The summed E-state index contributed by atoms with van der Waals surface area (Å²) < 4.78 is 41.8. The van der Waals surface area contributed by atoms with Crippen LogP contribution in [0.2, 0.25) is 0 Å². The van der Waals surface area contributed by atoms with E-state index in [1.807, 2.05) is 6.07 Å². The van der Waals surface area contributed by atoms with E-state index in [4.69, 9.17) is 0 Å². The molecule has 1 aliphatic heterocycles. The van der Waals surface area contributed by atoms with Crippen molar-refractivity contribution in [1.82, 2.24) is 9.21 Å². The van der Waals surface area contributed by atoms with Crippen molar-refractivity contribution in [3.63, 3.8) is 0 Å². The molecule has 9 heteroatoms. The first-order valence-corrected chi connectivity index (χ1v) is 11.6. The Morgan fingerprint density at radius 3 is 2.26 bits per heavy atom. The smallest absolute Gasteiger partial charge is 0.304 e. The van der Waals surface area contributed by atoms with E-state index in [1.165, 1.54) is 43.4 Å². The van der Waals surface area contributed by atoms with Crippen molar-refractivity contribution in [1.29, 1.82) is 0 Å². The molecule has 1 aliphatic rings. The number of hydrogen-bond acceptors (Lipinski definition) is 4. The summed E-state index contributed by atoms with van der Waals surface area (Å²) in [5.41, 5.74) is 3.43. The second kappa shape index (κ2) is 9.23. The first-order valence-electron chi connectivity index (χ1n) is 10.2. The predicted octanol–water partition coefficient (Wildman–Crippen LogP) is 2.40. The summed E-state index contributed by atoms with van der Waals surface area (Å²) in [5, 5.41) is 0. The van der Waals surface area contributed by atoms with E-state index in [-0.39, 0.29) is 11.6 Å². The lowest BCUT2D eigenvalue weighted by Gasteiger charge is -2.38. The fraction of sp³-hybridized carbons (Fsp3) is 0.409. The van der Waals surface area contributed by atoms with Crippen LogP contribution in [-0.2, 0) is 15.0 Å². The number of carbonyl (C=O) groups excluding carboxylic acids is 1. The van der Waals surface area contributed by atoms with Gasteiger partial charge in [-0.2, -0.15) is 12.7 Å². The van der Waals surface area contributed by atoms with E-state index < -0.39 is 22.6 Å². The van der Waals surface area contributed by atoms with Gasteiger partial charge in [0, 0.05) is 46.0 Å². The molecule has 7 nitrogen and oxygen atoms in total. The second-order valence-electron chi connectivity index (χ2n) is 7.84. The number of hydrogen-bond donors (Lipinski definition) is 0. The van der Waals surface area contributed by atoms with Gasteiger partial charge in [0.1, 0.15) is 12.4 Å². The lowest BCUT2D eigenvalue weighted by molar-refractivity contribution is -0.129. The van der Waals surface area contributed by atoms with Crippen LogP contribution in [0.15, 0.2) is 42.5 Å². The summed E-state index contributed by atoms with van der Waals surface area (Å²) in [7, 11) is -1.33. The van der Waals surface area contributed by atoms with Gasteiger partial charge in [0.15, 0.2) is 0 Å². The molecule has 1 saturated heterocycles. The van der Waals surface area contributed by atoms with Gasteiger partial charge in [-0.3, -0.25) is 4.79 Å². The molecule has 0 spiro atoms. The Hall–Kier alpha value is -2.65. The third-order valence-electron chi connectivity index (χ3n) is 5.69. The summed E-state index contributed by atoms with van der Waals surface area (Å²) >= 11 is 0. The molecule has 0 radical (unpaired) electrons. The monoisotopic (exact) mass is 448 g/mol. The van der Waals surface area contributed by atoms with E-state index >= 15 is 0 Å².